The van der Waals surface area contributed by atoms with E-state index < -0.39 is 0 Å². The van der Waals surface area contributed by atoms with Crippen molar-refractivity contribution in [2.75, 3.05) is 45.6 Å². The fraction of sp³-hybridized carbons (Fsp3) is 0.647. The second-order valence-electron chi connectivity index (χ2n) is 6.61. The van der Waals surface area contributed by atoms with E-state index in [1.807, 2.05) is 0 Å². The van der Waals surface area contributed by atoms with Gasteiger partial charge in [0.2, 0.25) is 0 Å². The van der Waals surface area contributed by atoms with Crippen LogP contribution in [0.1, 0.15) is 24.0 Å². The number of benzene rings is 1. The molecule has 0 aliphatic carbocycles. The normalized spacial score (nSPS) is 20.1. The van der Waals surface area contributed by atoms with Crippen LogP contribution < -0.4 is 5.32 Å². The van der Waals surface area contributed by atoms with Crippen LogP contribution in [0.25, 0.3) is 0 Å². The van der Waals surface area contributed by atoms with E-state index >= 15 is 0 Å². The minimum absolute atomic E-state index is 0.882. The third-order valence-corrected chi connectivity index (χ3v) is 4.74. The first-order valence-corrected chi connectivity index (χ1v) is 7.93. The van der Waals surface area contributed by atoms with Gasteiger partial charge in [-0.15, -0.1) is 0 Å². The molecule has 20 heavy (non-hydrogen) atoms. The highest BCUT2D eigenvalue weighted by atomic mass is 15.1. The van der Waals surface area contributed by atoms with Crippen LogP contribution in [0.15, 0.2) is 18.2 Å². The van der Waals surface area contributed by atoms with E-state index in [0.717, 1.165) is 19.0 Å². The van der Waals surface area contributed by atoms with Crippen molar-refractivity contribution in [3.05, 3.63) is 29.3 Å². The highest BCUT2D eigenvalue weighted by Gasteiger charge is 2.18. The molecule has 3 nitrogen and oxygen atoms in total. The molecule has 1 fully saturated rings. The Morgan fingerprint density at radius 3 is 2.90 bits per heavy atom. The van der Waals surface area contributed by atoms with Crippen LogP contribution in [0.2, 0.25) is 0 Å². The van der Waals surface area contributed by atoms with E-state index in [4.69, 9.17) is 0 Å². The lowest BCUT2D eigenvalue weighted by Gasteiger charge is -2.31. The predicted octanol–water partition coefficient (Wildman–Crippen LogP) is 2.43. The molecule has 110 valence electrons. The molecule has 0 radical (unpaired) electrons. The minimum atomic E-state index is 0.882. The fourth-order valence-electron chi connectivity index (χ4n) is 3.52. The number of nitrogens with zero attached hydrogens (tertiary/aromatic N) is 2. The predicted molar refractivity (Wildman–Crippen MR) is 85.2 cm³/mol. The van der Waals surface area contributed by atoms with E-state index in [1.54, 1.807) is 0 Å². The van der Waals surface area contributed by atoms with Gasteiger partial charge in [-0.1, -0.05) is 12.1 Å². The van der Waals surface area contributed by atoms with E-state index in [0.29, 0.717) is 0 Å². The summed E-state index contributed by atoms with van der Waals surface area (Å²) in [5.41, 5.74) is 4.30. The number of likely N-dealkylation sites (tertiary alicyclic amines) is 1. The third kappa shape index (κ3) is 3.33. The SMILES string of the molecule is CN1CCC(CN(C)Cc2ccc3c(c2)CCN3)CC1. The number of hydrogen-bond donors (Lipinski definition) is 1. The molecule has 1 aromatic rings. The van der Waals surface area contributed by atoms with Crippen molar-refractivity contribution in [2.45, 2.75) is 25.8 Å². The van der Waals surface area contributed by atoms with Crippen LogP contribution in [0.3, 0.4) is 0 Å². The van der Waals surface area contributed by atoms with Crippen molar-refractivity contribution in [3.8, 4) is 0 Å². The Bertz CT molecular complexity index is 450. The summed E-state index contributed by atoms with van der Waals surface area (Å²) in [5, 5.41) is 3.43. The Morgan fingerprint density at radius 1 is 1.30 bits per heavy atom. The molecule has 0 aromatic heterocycles. The summed E-state index contributed by atoms with van der Waals surface area (Å²) < 4.78 is 0. The molecule has 3 rings (SSSR count). The van der Waals surface area contributed by atoms with Crippen molar-refractivity contribution >= 4 is 5.69 Å². The van der Waals surface area contributed by atoms with Gasteiger partial charge in [0.25, 0.3) is 0 Å². The van der Waals surface area contributed by atoms with Gasteiger partial charge in [-0.2, -0.15) is 0 Å². The van der Waals surface area contributed by atoms with Crippen molar-refractivity contribution in [1.82, 2.24) is 9.80 Å². The van der Waals surface area contributed by atoms with Crippen LogP contribution in [0.4, 0.5) is 5.69 Å². The molecule has 1 N–H and O–H groups in total. The lowest BCUT2D eigenvalue weighted by atomic mass is 9.96. The topological polar surface area (TPSA) is 18.5 Å². The molecule has 3 heteroatoms. The molecule has 0 amide bonds. The Balaban J connectivity index is 1.52. The molecule has 0 bridgehead atoms. The molecule has 2 aliphatic heterocycles. The Morgan fingerprint density at radius 2 is 2.10 bits per heavy atom. The first-order valence-electron chi connectivity index (χ1n) is 7.93. The summed E-state index contributed by atoms with van der Waals surface area (Å²) in [5.74, 6) is 0.882. The van der Waals surface area contributed by atoms with Crippen LogP contribution in [0.5, 0.6) is 0 Å². The summed E-state index contributed by atoms with van der Waals surface area (Å²) in [4.78, 5) is 4.95. The van der Waals surface area contributed by atoms with E-state index in [-0.39, 0.29) is 0 Å². The standard InChI is InChI=1S/C17H27N3/c1-19-9-6-14(7-10-19)12-20(2)13-15-3-4-17-16(11-15)5-8-18-17/h3-4,11,14,18H,5-10,12-13H2,1-2H3. The number of nitrogens with one attached hydrogen (secondary N) is 1. The molecule has 0 unspecified atom stereocenters. The summed E-state index contributed by atoms with van der Waals surface area (Å²) in [6, 6.07) is 6.92. The molecular formula is C17H27N3. The van der Waals surface area contributed by atoms with Crippen LogP contribution in [-0.4, -0.2) is 50.1 Å². The van der Waals surface area contributed by atoms with Crippen molar-refractivity contribution in [2.24, 2.45) is 5.92 Å². The average molecular weight is 273 g/mol. The van der Waals surface area contributed by atoms with E-state index in [1.165, 1.54) is 55.7 Å². The second kappa shape index (κ2) is 6.15. The number of fused-ring (bicyclic) bond motifs is 1. The largest absolute Gasteiger partial charge is 0.384 e. The Kier molecular flexibility index (Phi) is 4.27. The van der Waals surface area contributed by atoms with Gasteiger partial charge >= 0.3 is 0 Å². The molecule has 0 atom stereocenters. The monoisotopic (exact) mass is 273 g/mol. The maximum absolute atomic E-state index is 3.43. The maximum atomic E-state index is 3.43. The van der Waals surface area contributed by atoms with Gasteiger partial charge in [-0.05, 0) is 69.6 Å². The smallest absolute Gasteiger partial charge is 0.0373 e. The quantitative estimate of drug-likeness (QED) is 0.909. The zero-order valence-corrected chi connectivity index (χ0v) is 12.9. The van der Waals surface area contributed by atoms with Crippen LogP contribution in [-0.2, 0) is 13.0 Å². The van der Waals surface area contributed by atoms with Gasteiger partial charge in [0, 0.05) is 25.3 Å². The summed E-state index contributed by atoms with van der Waals surface area (Å²) in [6.07, 6.45) is 3.89. The Labute approximate surface area is 123 Å². The van der Waals surface area contributed by atoms with Gasteiger partial charge in [0.05, 0.1) is 0 Å². The van der Waals surface area contributed by atoms with Crippen molar-refractivity contribution in [1.29, 1.82) is 0 Å². The number of rotatable bonds is 4. The zero-order chi connectivity index (χ0) is 13.9. The minimum Gasteiger partial charge on any atom is -0.384 e. The lowest BCUT2D eigenvalue weighted by molar-refractivity contribution is 0.173. The number of anilines is 1. The third-order valence-electron chi connectivity index (χ3n) is 4.74. The molecule has 0 saturated carbocycles. The van der Waals surface area contributed by atoms with Gasteiger partial charge < -0.3 is 15.1 Å². The molecule has 0 spiro atoms. The highest BCUT2D eigenvalue weighted by Crippen LogP contribution is 2.24. The summed E-state index contributed by atoms with van der Waals surface area (Å²) in [6.45, 7) is 5.96. The van der Waals surface area contributed by atoms with Gasteiger partial charge in [0.1, 0.15) is 0 Å². The molecule has 1 saturated heterocycles. The second-order valence-corrected chi connectivity index (χ2v) is 6.61. The van der Waals surface area contributed by atoms with Crippen LogP contribution in [0, 0.1) is 5.92 Å². The Hall–Kier alpha value is -1.06. The van der Waals surface area contributed by atoms with Crippen molar-refractivity contribution < 1.29 is 0 Å². The molecule has 2 aliphatic rings. The van der Waals surface area contributed by atoms with Gasteiger partial charge in [-0.25, -0.2) is 0 Å². The first-order chi connectivity index (χ1) is 9.70. The molecule has 2 heterocycles. The number of hydrogen-bond acceptors (Lipinski definition) is 3. The van der Waals surface area contributed by atoms with Gasteiger partial charge in [0.15, 0.2) is 0 Å². The van der Waals surface area contributed by atoms with Crippen molar-refractivity contribution in [3.63, 3.8) is 0 Å². The first kappa shape index (κ1) is 13.9. The average Bonchev–Trinajstić information content (AvgIpc) is 2.89. The lowest BCUT2D eigenvalue weighted by Crippen LogP contribution is -2.35. The van der Waals surface area contributed by atoms with Gasteiger partial charge in [-0.3, -0.25) is 0 Å². The maximum Gasteiger partial charge on any atom is 0.0373 e. The summed E-state index contributed by atoms with van der Waals surface area (Å²) >= 11 is 0. The zero-order valence-electron chi connectivity index (χ0n) is 12.9. The van der Waals surface area contributed by atoms with Crippen LogP contribution >= 0.6 is 0 Å². The number of piperidine rings is 1. The van der Waals surface area contributed by atoms with E-state index in [2.05, 4.69) is 47.4 Å². The molecule has 1 aromatic carbocycles. The molecular weight excluding hydrogens is 246 g/mol. The van der Waals surface area contributed by atoms with E-state index in [9.17, 15) is 0 Å². The highest BCUT2D eigenvalue weighted by molar-refractivity contribution is 5.56. The fourth-order valence-corrected chi connectivity index (χ4v) is 3.52. The summed E-state index contributed by atoms with van der Waals surface area (Å²) in [7, 11) is 4.50.